The molecule has 0 bridgehead atoms. The first-order valence-corrected chi connectivity index (χ1v) is 4.84. The van der Waals surface area contributed by atoms with Crippen LogP contribution < -0.4 is 4.73 Å². The van der Waals surface area contributed by atoms with Gasteiger partial charge in [0, 0.05) is 11.5 Å². The standard InChI is InChI=1S/C13H9NO/c15-14-6-5-12-7-10-3-1-2-4-11(10)8-13(12)9-14/h1-9H. The van der Waals surface area contributed by atoms with Gasteiger partial charge in [0.15, 0.2) is 12.4 Å². The van der Waals surface area contributed by atoms with Gasteiger partial charge in [-0.05, 0) is 28.3 Å². The van der Waals surface area contributed by atoms with E-state index in [9.17, 15) is 5.21 Å². The number of fused-ring (bicyclic) bond motifs is 2. The van der Waals surface area contributed by atoms with E-state index in [0.717, 1.165) is 20.9 Å². The number of nitrogens with zero attached hydrogens (tertiary/aromatic N) is 1. The van der Waals surface area contributed by atoms with Gasteiger partial charge in [-0.2, -0.15) is 4.73 Å². The topological polar surface area (TPSA) is 26.9 Å². The summed E-state index contributed by atoms with van der Waals surface area (Å²) in [5, 5.41) is 15.6. The number of benzene rings is 2. The molecule has 0 saturated carbocycles. The first-order valence-electron chi connectivity index (χ1n) is 4.84. The van der Waals surface area contributed by atoms with Gasteiger partial charge >= 0.3 is 0 Å². The second-order valence-electron chi connectivity index (χ2n) is 3.63. The summed E-state index contributed by atoms with van der Waals surface area (Å²) in [5.74, 6) is 0. The Labute approximate surface area is 87.0 Å². The van der Waals surface area contributed by atoms with Crippen molar-refractivity contribution in [3.63, 3.8) is 0 Å². The van der Waals surface area contributed by atoms with Crippen molar-refractivity contribution in [2.45, 2.75) is 0 Å². The molecule has 0 aliphatic rings. The maximum absolute atomic E-state index is 11.1. The van der Waals surface area contributed by atoms with E-state index in [-0.39, 0.29) is 0 Å². The van der Waals surface area contributed by atoms with Crippen molar-refractivity contribution in [1.82, 2.24) is 0 Å². The third-order valence-corrected chi connectivity index (χ3v) is 2.62. The van der Waals surface area contributed by atoms with Crippen molar-refractivity contribution < 1.29 is 4.73 Å². The fourth-order valence-electron chi connectivity index (χ4n) is 1.87. The van der Waals surface area contributed by atoms with Crippen LogP contribution in [0.1, 0.15) is 0 Å². The Hall–Kier alpha value is -2.09. The lowest BCUT2D eigenvalue weighted by Crippen LogP contribution is -2.23. The van der Waals surface area contributed by atoms with E-state index in [1.807, 2.05) is 24.3 Å². The van der Waals surface area contributed by atoms with Crippen molar-refractivity contribution in [1.29, 1.82) is 0 Å². The fourth-order valence-corrected chi connectivity index (χ4v) is 1.87. The zero-order chi connectivity index (χ0) is 10.3. The molecular weight excluding hydrogens is 186 g/mol. The van der Waals surface area contributed by atoms with Gasteiger partial charge in [-0.15, -0.1) is 0 Å². The lowest BCUT2D eigenvalue weighted by Gasteiger charge is -2.01. The minimum atomic E-state index is 0.830. The predicted octanol–water partition coefficient (Wildman–Crippen LogP) is 2.63. The molecule has 72 valence electrons. The molecule has 0 aliphatic carbocycles. The van der Waals surface area contributed by atoms with Crippen LogP contribution in [-0.4, -0.2) is 0 Å². The molecule has 0 N–H and O–H groups in total. The van der Waals surface area contributed by atoms with Crippen molar-refractivity contribution >= 4 is 21.5 Å². The highest BCUT2D eigenvalue weighted by Gasteiger charge is 2.00. The summed E-state index contributed by atoms with van der Waals surface area (Å²) in [7, 11) is 0. The molecule has 1 aromatic heterocycles. The third kappa shape index (κ3) is 1.31. The van der Waals surface area contributed by atoms with Gasteiger partial charge < -0.3 is 5.21 Å². The quantitative estimate of drug-likeness (QED) is 0.308. The van der Waals surface area contributed by atoms with E-state index in [2.05, 4.69) is 18.2 Å². The minimum absolute atomic E-state index is 0.830. The predicted molar refractivity (Wildman–Crippen MR) is 60.4 cm³/mol. The summed E-state index contributed by atoms with van der Waals surface area (Å²) in [6.45, 7) is 0. The number of hydrogen-bond donors (Lipinski definition) is 0. The van der Waals surface area contributed by atoms with Gasteiger partial charge in [-0.25, -0.2) is 0 Å². The molecule has 0 amide bonds. The molecule has 15 heavy (non-hydrogen) atoms. The van der Waals surface area contributed by atoms with Gasteiger partial charge in [-0.3, -0.25) is 0 Å². The summed E-state index contributed by atoms with van der Waals surface area (Å²) in [5.41, 5.74) is 0. The highest BCUT2D eigenvalue weighted by atomic mass is 16.5. The first kappa shape index (κ1) is 8.24. The van der Waals surface area contributed by atoms with Crippen molar-refractivity contribution in [2.75, 3.05) is 0 Å². The van der Waals surface area contributed by atoms with Crippen LogP contribution in [0, 0.1) is 5.21 Å². The smallest absolute Gasteiger partial charge is 0.188 e. The third-order valence-electron chi connectivity index (χ3n) is 2.62. The van der Waals surface area contributed by atoms with Crippen LogP contribution >= 0.6 is 0 Å². The van der Waals surface area contributed by atoms with Crippen molar-refractivity contribution in [2.24, 2.45) is 0 Å². The molecule has 2 heteroatoms. The Morgan fingerprint density at radius 3 is 2.13 bits per heavy atom. The molecule has 1 heterocycles. The largest absolute Gasteiger partial charge is 0.619 e. The minimum Gasteiger partial charge on any atom is -0.619 e. The van der Waals surface area contributed by atoms with Crippen LogP contribution in [0.2, 0.25) is 0 Å². The molecule has 0 spiro atoms. The van der Waals surface area contributed by atoms with Gasteiger partial charge in [0.05, 0.1) is 0 Å². The normalized spacial score (nSPS) is 10.9. The molecule has 0 aliphatic heterocycles. The highest BCUT2D eigenvalue weighted by Crippen LogP contribution is 2.21. The van der Waals surface area contributed by atoms with E-state index in [1.54, 1.807) is 6.20 Å². The Bertz CT molecular complexity index is 646. The molecule has 2 aromatic carbocycles. The summed E-state index contributed by atoms with van der Waals surface area (Å²) >= 11 is 0. The lowest BCUT2D eigenvalue weighted by molar-refractivity contribution is -0.603. The van der Waals surface area contributed by atoms with E-state index in [1.165, 1.54) is 11.6 Å². The molecule has 0 fully saturated rings. The maximum atomic E-state index is 11.1. The second-order valence-corrected chi connectivity index (χ2v) is 3.63. The van der Waals surface area contributed by atoms with Crippen LogP contribution in [0.25, 0.3) is 21.5 Å². The van der Waals surface area contributed by atoms with Gasteiger partial charge in [0.25, 0.3) is 0 Å². The first-order chi connectivity index (χ1) is 7.33. The molecule has 0 saturated heterocycles. The molecule has 2 nitrogen and oxygen atoms in total. The van der Waals surface area contributed by atoms with Crippen LogP contribution in [0.15, 0.2) is 54.9 Å². The molecule has 0 atom stereocenters. The SMILES string of the molecule is [O-][n+]1ccc2cc3ccccc3cc2c1. The van der Waals surface area contributed by atoms with Gasteiger partial charge in [0.1, 0.15) is 0 Å². The van der Waals surface area contributed by atoms with E-state index in [0.29, 0.717) is 0 Å². The fraction of sp³-hybridized carbons (Fsp3) is 0. The monoisotopic (exact) mass is 195 g/mol. The lowest BCUT2D eigenvalue weighted by atomic mass is 10.1. The van der Waals surface area contributed by atoms with Crippen LogP contribution in [0.3, 0.4) is 0 Å². The van der Waals surface area contributed by atoms with Crippen molar-refractivity contribution in [3.05, 3.63) is 60.1 Å². The average molecular weight is 195 g/mol. The summed E-state index contributed by atoms with van der Waals surface area (Å²) in [6.07, 6.45) is 3.12. The van der Waals surface area contributed by atoms with Crippen LogP contribution in [-0.2, 0) is 0 Å². The number of pyridine rings is 1. The Morgan fingerprint density at radius 2 is 1.40 bits per heavy atom. The van der Waals surface area contributed by atoms with E-state index in [4.69, 9.17) is 0 Å². The zero-order valence-electron chi connectivity index (χ0n) is 8.05. The molecule has 0 unspecified atom stereocenters. The second kappa shape index (κ2) is 2.95. The Kier molecular flexibility index (Phi) is 1.62. The molecular formula is C13H9NO. The van der Waals surface area contributed by atoms with Crippen LogP contribution in [0.5, 0.6) is 0 Å². The highest BCUT2D eigenvalue weighted by molar-refractivity contribution is 5.97. The van der Waals surface area contributed by atoms with Crippen LogP contribution in [0.4, 0.5) is 0 Å². The molecule has 3 aromatic rings. The van der Waals surface area contributed by atoms with Gasteiger partial charge in [0.2, 0.25) is 0 Å². The van der Waals surface area contributed by atoms with E-state index >= 15 is 0 Å². The summed E-state index contributed by atoms with van der Waals surface area (Å²) < 4.78 is 0.830. The molecule has 0 radical (unpaired) electrons. The van der Waals surface area contributed by atoms with Gasteiger partial charge in [-0.1, -0.05) is 24.3 Å². The number of rotatable bonds is 0. The maximum Gasteiger partial charge on any atom is 0.188 e. The summed E-state index contributed by atoms with van der Waals surface area (Å²) in [6, 6.07) is 14.1. The number of aromatic nitrogens is 1. The average Bonchev–Trinajstić information content (AvgIpc) is 2.26. The summed E-state index contributed by atoms with van der Waals surface area (Å²) in [4.78, 5) is 0. The molecule has 3 rings (SSSR count). The number of hydrogen-bond acceptors (Lipinski definition) is 1. The van der Waals surface area contributed by atoms with E-state index < -0.39 is 0 Å². The van der Waals surface area contributed by atoms with Crippen molar-refractivity contribution in [3.8, 4) is 0 Å². The zero-order valence-corrected chi connectivity index (χ0v) is 8.05. The Balaban J connectivity index is 2.47. The Morgan fingerprint density at radius 1 is 0.800 bits per heavy atom.